The molecule has 1 aliphatic rings. The van der Waals surface area contributed by atoms with Crippen molar-refractivity contribution in [2.24, 2.45) is 4.99 Å². The van der Waals surface area contributed by atoms with Crippen LogP contribution in [0, 0.1) is 0 Å². The second kappa shape index (κ2) is 10.4. The molecule has 10 heteroatoms. The van der Waals surface area contributed by atoms with Crippen LogP contribution in [0.15, 0.2) is 52.2 Å². The number of fused-ring (bicyclic) bond motifs is 1. The minimum absolute atomic E-state index is 0. The van der Waals surface area contributed by atoms with Gasteiger partial charge in [0.25, 0.3) is 5.91 Å². The first-order valence-electron chi connectivity index (χ1n) is 9.91. The monoisotopic (exact) mass is 523 g/mol. The lowest BCUT2D eigenvalue weighted by atomic mass is 10.3. The first-order chi connectivity index (χ1) is 14.3. The fraction of sp³-hybridized carbons (Fsp3) is 0.400. The Morgan fingerprint density at radius 1 is 1.13 bits per heavy atom. The summed E-state index contributed by atoms with van der Waals surface area (Å²) in [5.74, 6) is 2.09. The molecule has 1 fully saturated rings. The molecule has 4 heterocycles. The van der Waals surface area contributed by atoms with E-state index in [4.69, 9.17) is 9.41 Å². The van der Waals surface area contributed by atoms with E-state index in [9.17, 15) is 4.79 Å². The topological polar surface area (TPSA) is 91.3 Å². The first-order valence-corrected chi connectivity index (χ1v) is 9.91. The molecule has 4 rings (SSSR count). The third-order valence-corrected chi connectivity index (χ3v) is 4.91. The number of nitrogens with zero attached hydrogens (tertiary/aromatic N) is 6. The molecule has 0 unspecified atom stereocenters. The van der Waals surface area contributed by atoms with Gasteiger partial charge in [0.1, 0.15) is 5.82 Å². The Morgan fingerprint density at radius 2 is 1.93 bits per heavy atom. The lowest BCUT2D eigenvalue weighted by molar-refractivity contribution is 0.0657. The van der Waals surface area contributed by atoms with E-state index in [1.807, 2.05) is 33.7 Å². The van der Waals surface area contributed by atoms with Gasteiger partial charge in [-0.1, -0.05) is 6.07 Å². The number of rotatable bonds is 5. The van der Waals surface area contributed by atoms with Crippen molar-refractivity contribution >= 4 is 41.5 Å². The van der Waals surface area contributed by atoms with Crippen molar-refractivity contribution in [2.75, 3.05) is 39.3 Å². The Balaban J connectivity index is 0.00000256. The van der Waals surface area contributed by atoms with Crippen LogP contribution in [0.3, 0.4) is 0 Å². The minimum atomic E-state index is -0.0599. The molecule has 0 saturated carbocycles. The smallest absolute Gasteiger partial charge is 0.289 e. The number of hydrogen-bond donors (Lipinski definition) is 1. The van der Waals surface area contributed by atoms with Gasteiger partial charge in [-0.25, -0.2) is 0 Å². The standard InChI is InChI=1S/C20H25N7O2.HI/c1-2-21-20(22-9-8-18-24-23-17-7-3-4-10-27(17)18)26-13-11-25(12-14-26)19(28)16-6-5-15-29-16;/h3-7,10,15H,2,8-9,11-14H2,1H3,(H,21,22);1H. The van der Waals surface area contributed by atoms with Gasteiger partial charge in [-0.15, -0.1) is 34.2 Å². The van der Waals surface area contributed by atoms with E-state index in [1.54, 1.807) is 12.1 Å². The van der Waals surface area contributed by atoms with E-state index in [0.29, 0.717) is 31.8 Å². The van der Waals surface area contributed by atoms with Crippen LogP contribution in [-0.2, 0) is 6.42 Å². The molecule has 1 saturated heterocycles. The number of carbonyl (C=O) groups excluding carboxylic acids is 1. The van der Waals surface area contributed by atoms with Crippen LogP contribution >= 0.6 is 24.0 Å². The van der Waals surface area contributed by atoms with Crippen molar-refractivity contribution < 1.29 is 9.21 Å². The molecule has 3 aromatic rings. The molecule has 1 amide bonds. The molecule has 0 bridgehead atoms. The van der Waals surface area contributed by atoms with Crippen molar-refractivity contribution in [1.82, 2.24) is 29.7 Å². The summed E-state index contributed by atoms with van der Waals surface area (Å²) in [5.41, 5.74) is 0.843. The zero-order valence-corrected chi connectivity index (χ0v) is 19.2. The molecule has 0 radical (unpaired) electrons. The molecule has 160 valence electrons. The lowest BCUT2D eigenvalue weighted by Gasteiger charge is -2.36. The maximum atomic E-state index is 12.4. The number of pyridine rings is 1. The maximum Gasteiger partial charge on any atom is 0.289 e. The summed E-state index contributed by atoms with van der Waals surface area (Å²) in [7, 11) is 0. The van der Waals surface area contributed by atoms with Crippen molar-refractivity contribution in [3.05, 3.63) is 54.4 Å². The first kappa shape index (κ1) is 22.1. The quantitative estimate of drug-likeness (QED) is 0.312. The average molecular weight is 523 g/mol. The molecule has 0 aliphatic carbocycles. The van der Waals surface area contributed by atoms with E-state index in [0.717, 1.165) is 37.1 Å². The lowest BCUT2D eigenvalue weighted by Crippen LogP contribution is -2.53. The van der Waals surface area contributed by atoms with Gasteiger partial charge in [0.05, 0.1) is 6.26 Å². The molecule has 0 spiro atoms. The van der Waals surface area contributed by atoms with Gasteiger partial charge in [-0.3, -0.25) is 14.2 Å². The molecule has 1 aliphatic heterocycles. The van der Waals surface area contributed by atoms with Crippen LogP contribution < -0.4 is 5.32 Å². The number of guanidine groups is 1. The minimum Gasteiger partial charge on any atom is -0.459 e. The number of amides is 1. The second-order valence-electron chi connectivity index (χ2n) is 6.79. The van der Waals surface area contributed by atoms with Gasteiger partial charge in [-0.2, -0.15) is 0 Å². The zero-order chi connectivity index (χ0) is 20.1. The molecule has 0 aromatic carbocycles. The van der Waals surface area contributed by atoms with Gasteiger partial charge in [0.2, 0.25) is 0 Å². The van der Waals surface area contributed by atoms with E-state index in [-0.39, 0.29) is 29.9 Å². The SMILES string of the molecule is CCNC(=NCCc1nnc2ccccn12)N1CCN(C(=O)c2ccco2)CC1.I. The third kappa shape index (κ3) is 4.91. The highest BCUT2D eigenvalue weighted by Gasteiger charge is 2.25. The summed E-state index contributed by atoms with van der Waals surface area (Å²) in [6, 6.07) is 9.29. The number of carbonyl (C=O) groups is 1. The van der Waals surface area contributed by atoms with E-state index in [1.165, 1.54) is 6.26 Å². The van der Waals surface area contributed by atoms with Crippen LogP contribution in [0.5, 0.6) is 0 Å². The predicted octanol–water partition coefficient (Wildman–Crippen LogP) is 1.91. The van der Waals surface area contributed by atoms with Gasteiger partial charge in [0.15, 0.2) is 17.4 Å². The molecule has 9 nitrogen and oxygen atoms in total. The summed E-state index contributed by atoms with van der Waals surface area (Å²) < 4.78 is 7.21. The summed E-state index contributed by atoms with van der Waals surface area (Å²) in [4.78, 5) is 21.2. The normalized spacial score (nSPS) is 14.6. The Hall–Kier alpha value is -2.63. The number of aliphatic imine (C=N–C) groups is 1. The summed E-state index contributed by atoms with van der Waals surface area (Å²) >= 11 is 0. The fourth-order valence-corrected chi connectivity index (χ4v) is 3.43. The third-order valence-electron chi connectivity index (χ3n) is 4.91. The Morgan fingerprint density at radius 3 is 2.67 bits per heavy atom. The molecular formula is C20H26IN7O2. The maximum absolute atomic E-state index is 12.4. The fourth-order valence-electron chi connectivity index (χ4n) is 3.43. The van der Waals surface area contributed by atoms with E-state index in [2.05, 4.69) is 27.3 Å². The van der Waals surface area contributed by atoms with Gasteiger partial charge < -0.3 is 19.5 Å². The highest BCUT2D eigenvalue weighted by atomic mass is 127. The average Bonchev–Trinajstić information content (AvgIpc) is 3.43. The Bertz CT molecular complexity index is 978. The van der Waals surface area contributed by atoms with Crippen LogP contribution in [-0.4, -0.2) is 75.5 Å². The van der Waals surface area contributed by atoms with Gasteiger partial charge >= 0.3 is 0 Å². The molecule has 30 heavy (non-hydrogen) atoms. The summed E-state index contributed by atoms with van der Waals surface area (Å²) in [6.07, 6.45) is 4.20. The Labute approximate surface area is 192 Å². The van der Waals surface area contributed by atoms with E-state index >= 15 is 0 Å². The molecule has 1 N–H and O–H groups in total. The molecule has 3 aromatic heterocycles. The highest BCUT2D eigenvalue weighted by Crippen LogP contribution is 2.10. The number of halogens is 1. The Kier molecular flexibility index (Phi) is 7.66. The van der Waals surface area contributed by atoms with Crippen molar-refractivity contribution in [3.63, 3.8) is 0 Å². The number of piperazine rings is 1. The zero-order valence-electron chi connectivity index (χ0n) is 16.9. The predicted molar refractivity (Wildman–Crippen MR) is 124 cm³/mol. The van der Waals surface area contributed by atoms with Crippen LogP contribution in [0.4, 0.5) is 0 Å². The van der Waals surface area contributed by atoms with Gasteiger partial charge in [0, 0.05) is 51.9 Å². The number of aromatic nitrogens is 3. The second-order valence-corrected chi connectivity index (χ2v) is 6.79. The molecule has 0 atom stereocenters. The van der Waals surface area contributed by atoms with Gasteiger partial charge in [-0.05, 0) is 31.2 Å². The van der Waals surface area contributed by atoms with Crippen LogP contribution in [0.25, 0.3) is 5.65 Å². The molecular weight excluding hydrogens is 497 g/mol. The van der Waals surface area contributed by atoms with Crippen molar-refractivity contribution in [1.29, 1.82) is 0 Å². The van der Waals surface area contributed by atoms with Crippen molar-refractivity contribution in [3.8, 4) is 0 Å². The number of furan rings is 1. The van der Waals surface area contributed by atoms with Crippen LogP contribution in [0.2, 0.25) is 0 Å². The number of nitrogens with one attached hydrogen (secondary N) is 1. The van der Waals surface area contributed by atoms with Crippen molar-refractivity contribution in [2.45, 2.75) is 13.3 Å². The van der Waals surface area contributed by atoms with E-state index < -0.39 is 0 Å². The van der Waals surface area contributed by atoms with Crippen LogP contribution in [0.1, 0.15) is 23.3 Å². The summed E-state index contributed by atoms with van der Waals surface area (Å²) in [6.45, 7) is 6.19. The number of hydrogen-bond acceptors (Lipinski definition) is 5. The summed E-state index contributed by atoms with van der Waals surface area (Å²) in [5, 5.41) is 11.8. The highest BCUT2D eigenvalue weighted by molar-refractivity contribution is 14.0. The largest absolute Gasteiger partial charge is 0.459 e.